The van der Waals surface area contributed by atoms with E-state index in [-0.39, 0.29) is 17.8 Å². The van der Waals surface area contributed by atoms with Gasteiger partial charge in [-0.1, -0.05) is 6.07 Å². The first-order valence-corrected chi connectivity index (χ1v) is 9.06. The van der Waals surface area contributed by atoms with Crippen LogP contribution in [0.2, 0.25) is 0 Å². The third-order valence-electron chi connectivity index (χ3n) is 4.73. The van der Waals surface area contributed by atoms with E-state index in [1.54, 1.807) is 18.4 Å². The van der Waals surface area contributed by atoms with E-state index in [9.17, 15) is 9.18 Å². The van der Waals surface area contributed by atoms with Crippen LogP contribution in [0.4, 0.5) is 10.1 Å². The van der Waals surface area contributed by atoms with Gasteiger partial charge in [-0.05, 0) is 57.0 Å². The lowest BCUT2D eigenvalue weighted by Gasteiger charge is -2.42. The van der Waals surface area contributed by atoms with Gasteiger partial charge in [0.05, 0.1) is 12.8 Å². The van der Waals surface area contributed by atoms with Gasteiger partial charge in [0.1, 0.15) is 17.1 Å². The molecule has 1 aromatic heterocycles. The summed E-state index contributed by atoms with van der Waals surface area (Å²) >= 11 is 0. The lowest BCUT2D eigenvalue weighted by atomic mass is 9.85. The molecule has 140 valence electrons. The Bertz CT molecular complexity index is 722. The molecule has 1 aliphatic heterocycles. The van der Waals surface area contributed by atoms with Crippen LogP contribution in [0.15, 0.2) is 47.1 Å². The van der Waals surface area contributed by atoms with E-state index in [0.29, 0.717) is 18.5 Å². The topological polar surface area (TPSA) is 57.5 Å². The zero-order valence-electron chi connectivity index (χ0n) is 15.3. The van der Waals surface area contributed by atoms with Gasteiger partial charge in [0.25, 0.3) is 0 Å². The highest BCUT2D eigenvalue weighted by Gasteiger charge is 2.41. The highest BCUT2D eigenvalue weighted by molar-refractivity contribution is 5.89. The van der Waals surface area contributed by atoms with Crippen molar-refractivity contribution in [3.63, 3.8) is 0 Å². The Morgan fingerprint density at radius 3 is 2.65 bits per heavy atom. The van der Waals surface area contributed by atoms with Crippen molar-refractivity contribution in [2.75, 3.05) is 18.4 Å². The predicted octanol–water partition coefficient (Wildman–Crippen LogP) is 3.39. The Morgan fingerprint density at radius 2 is 2.04 bits per heavy atom. The number of rotatable bonds is 6. The third kappa shape index (κ3) is 4.43. The summed E-state index contributed by atoms with van der Waals surface area (Å²) in [5.74, 6) is 0.571. The van der Waals surface area contributed by atoms with Crippen LogP contribution in [0.3, 0.4) is 0 Å². The molecule has 1 saturated heterocycles. The summed E-state index contributed by atoms with van der Waals surface area (Å²) in [6.45, 7) is 6.14. The maximum absolute atomic E-state index is 13.6. The minimum Gasteiger partial charge on any atom is -0.468 e. The molecule has 1 aliphatic rings. The highest BCUT2D eigenvalue weighted by Crippen LogP contribution is 2.29. The number of benzene rings is 1. The van der Waals surface area contributed by atoms with Crippen LogP contribution in [0.5, 0.6) is 0 Å². The molecule has 1 fully saturated rings. The van der Waals surface area contributed by atoms with Crippen molar-refractivity contribution < 1.29 is 13.6 Å². The number of carbonyl (C=O) groups is 1. The first-order valence-electron chi connectivity index (χ1n) is 9.06. The molecule has 0 saturated carbocycles. The van der Waals surface area contributed by atoms with Crippen LogP contribution in [-0.4, -0.2) is 35.5 Å². The van der Waals surface area contributed by atoms with Gasteiger partial charge in [-0.25, -0.2) is 4.39 Å². The van der Waals surface area contributed by atoms with E-state index < -0.39 is 5.54 Å². The number of piperidine rings is 1. The lowest BCUT2D eigenvalue weighted by molar-refractivity contribution is -0.127. The van der Waals surface area contributed by atoms with E-state index in [2.05, 4.69) is 15.5 Å². The molecular formula is C20H26FN3O2. The molecule has 1 amide bonds. The lowest BCUT2D eigenvalue weighted by Crippen LogP contribution is -2.59. The van der Waals surface area contributed by atoms with Gasteiger partial charge in [-0.15, -0.1) is 0 Å². The van der Waals surface area contributed by atoms with Crippen molar-refractivity contribution in [2.45, 2.75) is 44.8 Å². The van der Waals surface area contributed by atoms with Crippen molar-refractivity contribution in [2.24, 2.45) is 0 Å². The molecule has 26 heavy (non-hydrogen) atoms. The maximum atomic E-state index is 13.6. The number of nitrogens with one attached hydrogen (secondary N) is 2. The number of amides is 1. The fourth-order valence-electron chi connectivity index (χ4n) is 3.37. The molecule has 0 atom stereocenters. The summed E-state index contributed by atoms with van der Waals surface area (Å²) in [5, 5.41) is 6.33. The average Bonchev–Trinajstić information content (AvgIpc) is 3.09. The third-order valence-corrected chi connectivity index (χ3v) is 4.73. The molecule has 6 heteroatoms. The SMILES string of the molecule is CC(C)NC(=O)C1(Nc2cccc(F)c2)CCN(Cc2ccco2)CC1. The van der Waals surface area contributed by atoms with Gasteiger partial charge in [-0.3, -0.25) is 9.69 Å². The second kappa shape index (κ2) is 7.91. The van der Waals surface area contributed by atoms with Gasteiger partial charge in [0.2, 0.25) is 5.91 Å². The first-order chi connectivity index (χ1) is 12.5. The van der Waals surface area contributed by atoms with Crippen LogP contribution < -0.4 is 10.6 Å². The molecule has 0 unspecified atom stereocenters. The maximum Gasteiger partial charge on any atom is 0.245 e. The Hall–Kier alpha value is -2.34. The molecular weight excluding hydrogens is 333 g/mol. The zero-order valence-corrected chi connectivity index (χ0v) is 15.3. The Kier molecular flexibility index (Phi) is 5.61. The van der Waals surface area contributed by atoms with Crippen molar-refractivity contribution in [3.05, 3.63) is 54.2 Å². The van der Waals surface area contributed by atoms with E-state index in [1.807, 2.05) is 26.0 Å². The summed E-state index contributed by atoms with van der Waals surface area (Å²) in [5.41, 5.74) is -0.110. The summed E-state index contributed by atoms with van der Waals surface area (Å²) in [6, 6.07) is 10.2. The number of anilines is 1. The monoisotopic (exact) mass is 359 g/mol. The normalized spacial score (nSPS) is 17.2. The predicted molar refractivity (Wildman–Crippen MR) is 99.3 cm³/mol. The van der Waals surface area contributed by atoms with Gasteiger partial charge < -0.3 is 15.1 Å². The number of hydrogen-bond donors (Lipinski definition) is 2. The standard InChI is InChI=1S/C20H26FN3O2/c1-15(2)22-19(25)20(23-17-6-3-5-16(21)13-17)8-10-24(11-9-20)14-18-7-4-12-26-18/h3-7,12-13,15,23H,8-11,14H2,1-2H3,(H,22,25). The summed E-state index contributed by atoms with van der Waals surface area (Å²) < 4.78 is 19.0. The van der Waals surface area contributed by atoms with Crippen LogP contribution in [0, 0.1) is 5.82 Å². The molecule has 0 bridgehead atoms. The quantitative estimate of drug-likeness (QED) is 0.830. The van der Waals surface area contributed by atoms with Crippen molar-refractivity contribution in [3.8, 4) is 0 Å². The molecule has 2 aromatic rings. The summed E-state index contributed by atoms with van der Waals surface area (Å²) in [4.78, 5) is 15.2. The Balaban J connectivity index is 1.73. The Morgan fingerprint density at radius 1 is 1.27 bits per heavy atom. The largest absolute Gasteiger partial charge is 0.468 e. The fourth-order valence-corrected chi connectivity index (χ4v) is 3.37. The second-order valence-electron chi connectivity index (χ2n) is 7.20. The van der Waals surface area contributed by atoms with E-state index in [4.69, 9.17) is 4.42 Å². The number of furan rings is 1. The zero-order chi connectivity index (χ0) is 18.6. The first kappa shape index (κ1) is 18.5. The Labute approximate surface area is 153 Å². The minimum atomic E-state index is -0.738. The number of carbonyl (C=O) groups excluding carboxylic acids is 1. The smallest absolute Gasteiger partial charge is 0.245 e. The minimum absolute atomic E-state index is 0.0330. The van der Waals surface area contributed by atoms with E-state index in [0.717, 1.165) is 25.4 Å². The van der Waals surface area contributed by atoms with E-state index in [1.165, 1.54) is 12.1 Å². The number of hydrogen-bond acceptors (Lipinski definition) is 4. The summed E-state index contributed by atoms with van der Waals surface area (Å²) in [6.07, 6.45) is 2.96. The van der Waals surface area contributed by atoms with Gasteiger partial charge in [0, 0.05) is 24.8 Å². The summed E-state index contributed by atoms with van der Waals surface area (Å²) in [7, 11) is 0. The van der Waals surface area contributed by atoms with Crippen LogP contribution in [0.1, 0.15) is 32.4 Å². The van der Waals surface area contributed by atoms with Crippen molar-refractivity contribution >= 4 is 11.6 Å². The molecule has 0 aliphatic carbocycles. The number of nitrogens with zero attached hydrogens (tertiary/aromatic N) is 1. The molecule has 3 rings (SSSR count). The molecule has 2 heterocycles. The van der Waals surface area contributed by atoms with Gasteiger partial charge >= 0.3 is 0 Å². The van der Waals surface area contributed by atoms with Crippen molar-refractivity contribution in [1.82, 2.24) is 10.2 Å². The average molecular weight is 359 g/mol. The molecule has 0 radical (unpaired) electrons. The molecule has 5 nitrogen and oxygen atoms in total. The number of halogens is 1. The van der Waals surface area contributed by atoms with Gasteiger partial charge in [0.15, 0.2) is 0 Å². The highest BCUT2D eigenvalue weighted by atomic mass is 19.1. The second-order valence-corrected chi connectivity index (χ2v) is 7.20. The van der Waals surface area contributed by atoms with Crippen molar-refractivity contribution in [1.29, 1.82) is 0 Å². The molecule has 0 spiro atoms. The number of likely N-dealkylation sites (tertiary alicyclic amines) is 1. The molecule has 1 aromatic carbocycles. The van der Waals surface area contributed by atoms with Gasteiger partial charge in [-0.2, -0.15) is 0 Å². The van der Waals surface area contributed by atoms with Crippen LogP contribution in [0.25, 0.3) is 0 Å². The molecule has 2 N–H and O–H groups in total. The fraction of sp³-hybridized carbons (Fsp3) is 0.450. The van der Waals surface area contributed by atoms with E-state index >= 15 is 0 Å². The van der Waals surface area contributed by atoms with Crippen LogP contribution in [-0.2, 0) is 11.3 Å². The van der Waals surface area contributed by atoms with Crippen LogP contribution >= 0.6 is 0 Å².